The summed E-state index contributed by atoms with van der Waals surface area (Å²) >= 11 is 0. The number of hydrogen-bond donors (Lipinski definition) is 1. The van der Waals surface area contributed by atoms with E-state index < -0.39 is 0 Å². The van der Waals surface area contributed by atoms with E-state index >= 15 is 0 Å². The highest BCUT2D eigenvalue weighted by Crippen LogP contribution is 2.45. The predicted octanol–water partition coefficient (Wildman–Crippen LogP) is 2.34. The second-order valence-corrected chi connectivity index (χ2v) is 4.59. The van der Waals surface area contributed by atoms with Gasteiger partial charge in [-0.3, -0.25) is 0 Å². The van der Waals surface area contributed by atoms with Crippen LogP contribution in [0.2, 0.25) is 0 Å². The van der Waals surface area contributed by atoms with Crippen molar-refractivity contribution in [1.82, 2.24) is 0 Å². The van der Waals surface area contributed by atoms with E-state index in [2.05, 4.69) is 6.07 Å². The third-order valence-electron chi connectivity index (χ3n) is 3.54. The maximum Gasteiger partial charge on any atom is 0.119 e. The van der Waals surface area contributed by atoms with Crippen LogP contribution in [0, 0.1) is 11.3 Å². The Kier molecular flexibility index (Phi) is 3.69. The summed E-state index contributed by atoms with van der Waals surface area (Å²) in [6.45, 7) is 0.0628. The van der Waals surface area contributed by atoms with E-state index in [1.54, 1.807) is 13.2 Å². The molecule has 3 heteroatoms. The summed E-state index contributed by atoms with van der Waals surface area (Å²) in [6, 6.07) is 8.36. The molecule has 94 valence electrons. The van der Waals surface area contributed by atoms with Crippen molar-refractivity contribution in [2.75, 3.05) is 13.7 Å². The average Bonchev–Trinajstić information content (AvgIpc) is 2.39. The summed E-state index contributed by atoms with van der Waals surface area (Å²) in [4.78, 5) is 0. The van der Waals surface area contributed by atoms with Crippen LogP contribution in [-0.2, 0) is 11.8 Å². The summed E-state index contributed by atoms with van der Waals surface area (Å²) < 4.78 is 5.18. The van der Waals surface area contributed by atoms with Crippen LogP contribution in [0.4, 0.5) is 0 Å². The molecule has 1 aliphatic rings. The smallest absolute Gasteiger partial charge is 0.119 e. The molecule has 0 radical (unpaired) electrons. The molecule has 1 atom stereocenters. The Balaban J connectivity index is 2.12. The van der Waals surface area contributed by atoms with Crippen LogP contribution < -0.4 is 4.74 Å². The first-order valence-corrected chi connectivity index (χ1v) is 6.10. The van der Waals surface area contributed by atoms with Crippen molar-refractivity contribution in [2.45, 2.75) is 24.7 Å². The van der Waals surface area contributed by atoms with Crippen molar-refractivity contribution in [1.29, 1.82) is 5.26 Å². The molecule has 0 saturated carbocycles. The molecule has 1 aliphatic carbocycles. The first kappa shape index (κ1) is 12.7. The second kappa shape index (κ2) is 5.24. The van der Waals surface area contributed by atoms with Gasteiger partial charge in [-0.25, -0.2) is 0 Å². The normalized spacial score (nSPS) is 21.2. The molecule has 0 aliphatic heterocycles. The lowest BCUT2D eigenvalue weighted by atomic mass is 9.62. The Labute approximate surface area is 107 Å². The van der Waals surface area contributed by atoms with E-state index in [1.165, 1.54) is 5.56 Å². The average molecular weight is 243 g/mol. The number of benzene rings is 1. The van der Waals surface area contributed by atoms with Crippen molar-refractivity contribution < 1.29 is 9.84 Å². The summed E-state index contributed by atoms with van der Waals surface area (Å²) in [5.41, 5.74) is 1.99. The number of allylic oxidation sites excluding steroid dienone is 1. The molecule has 0 heterocycles. The highest BCUT2D eigenvalue weighted by Gasteiger charge is 2.42. The first-order chi connectivity index (χ1) is 8.75. The third kappa shape index (κ3) is 2.12. The van der Waals surface area contributed by atoms with Gasteiger partial charge in [0.25, 0.3) is 0 Å². The fourth-order valence-electron chi connectivity index (χ4n) is 2.52. The molecule has 0 spiro atoms. The molecule has 0 aromatic heterocycles. The minimum Gasteiger partial charge on any atom is -0.497 e. The van der Waals surface area contributed by atoms with E-state index in [4.69, 9.17) is 9.84 Å². The Bertz CT molecular complexity index is 502. The van der Waals surface area contributed by atoms with Gasteiger partial charge >= 0.3 is 0 Å². The Hall–Kier alpha value is -1.79. The molecule has 1 aromatic carbocycles. The number of aliphatic hydroxyl groups excluding tert-OH is 1. The van der Waals surface area contributed by atoms with Gasteiger partial charge in [0.05, 0.1) is 25.2 Å². The Morgan fingerprint density at radius 2 is 2.33 bits per heavy atom. The molecular formula is C15H17NO2. The fourth-order valence-corrected chi connectivity index (χ4v) is 2.52. The maximum absolute atomic E-state index is 9.41. The monoisotopic (exact) mass is 243 g/mol. The zero-order valence-corrected chi connectivity index (χ0v) is 10.5. The van der Waals surface area contributed by atoms with Crippen LogP contribution in [0.15, 0.2) is 30.4 Å². The Morgan fingerprint density at radius 1 is 1.50 bits per heavy atom. The van der Waals surface area contributed by atoms with Gasteiger partial charge in [-0.2, -0.15) is 5.26 Å². The van der Waals surface area contributed by atoms with Crippen molar-refractivity contribution in [3.8, 4) is 11.8 Å². The maximum atomic E-state index is 9.41. The molecule has 18 heavy (non-hydrogen) atoms. The molecule has 1 N–H and O–H groups in total. The van der Waals surface area contributed by atoms with Crippen molar-refractivity contribution in [3.05, 3.63) is 41.5 Å². The van der Waals surface area contributed by atoms with Crippen LogP contribution in [0.1, 0.15) is 24.0 Å². The lowest BCUT2D eigenvalue weighted by Gasteiger charge is -2.38. The molecular weight excluding hydrogens is 226 g/mol. The van der Waals surface area contributed by atoms with E-state index in [0.717, 1.165) is 30.6 Å². The van der Waals surface area contributed by atoms with E-state index in [9.17, 15) is 5.26 Å². The van der Waals surface area contributed by atoms with Crippen LogP contribution in [0.5, 0.6) is 5.75 Å². The quantitative estimate of drug-likeness (QED) is 0.808. The fraction of sp³-hybridized carbons (Fsp3) is 0.400. The van der Waals surface area contributed by atoms with Gasteiger partial charge < -0.3 is 9.84 Å². The lowest BCUT2D eigenvalue weighted by Crippen LogP contribution is -2.37. The van der Waals surface area contributed by atoms with Crippen LogP contribution in [0.3, 0.4) is 0 Å². The van der Waals surface area contributed by atoms with Gasteiger partial charge in [0.15, 0.2) is 0 Å². The summed E-state index contributed by atoms with van der Waals surface area (Å²) in [6.07, 6.45) is 6.07. The Morgan fingerprint density at radius 3 is 2.94 bits per heavy atom. The molecule has 0 fully saturated rings. The first-order valence-electron chi connectivity index (χ1n) is 6.10. The van der Waals surface area contributed by atoms with Crippen molar-refractivity contribution in [2.24, 2.45) is 0 Å². The van der Waals surface area contributed by atoms with Gasteiger partial charge in [-0.1, -0.05) is 18.2 Å². The molecule has 0 saturated heterocycles. The zero-order chi connectivity index (χ0) is 13.0. The van der Waals surface area contributed by atoms with E-state index in [-0.39, 0.29) is 12.0 Å². The minimum absolute atomic E-state index is 0.0628. The molecule has 1 unspecified atom stereocenters. The summed E-state index contributed by atoms with van der Waals surface area (Å²) in [5.74, 6) is 0.848. The van der Waals surface area contributed by atoms with Gasteiger partial charge in [-0.05, 0) is 42.5 Å². The van der Waals surface area contributed by atoms with Crippen molar-refractivity contribution >= 4 is 0 Å². The lowest BCUT2D eigenvalue weighted by molar-refractivity contribution is 0.342. The number of hydrogen-bond acceptors (Lipinski definition) is 3. The number of aliphatic hydroxyl groups is 1. The number of methoxy groups -OCH3 is 1. The van der Waals surface area contributed by atoms with E-state index in [1.807, 2.05) is 24.3 Å². The van der Waals surface area contributed by atoms with Crippen molar-refractivity contribution in [3.63, 3.8) is 0 Å². The topological polar surface area (TPSA) is 53.2 Å². The predicted molar refractivity (Wildman–Crippen MR) is 69.4 cm³/mol. The number of nitriles is 1. The molecule has 2 rings (SSSR count). The van der Waals surface area contributed by atoms with Gasteiger partial charge in [0, 0.05) is 0 Å². The van der Waals surface area contributed by atoms with Crippen LogP contribution >= 0.6 is 0 Å². The highest BCUT2D eigenvalue weighted by molar-refractivity contribution is 5.53. The van der Waals surface area contributed by atoms with Crippen LogP contribution in [-0.4, -0.2) is 18.8 Å². The second-order valence-electron chi connectivity index (χ2n) is 4.59. The van der Waals surface area contributed by atoms with Gasteiger partial charge in [-0.15, -0.1) is 0 Å². The minimum atomic E-state index is -0.346. The number of nitrogens with zero attached hydrogens (tertiary/aromatic N) is 1. The summed E-state index contributed by atoms with van der Waals surface area (Å²) in [5, 5.41) is 18.1. The molecule has 3 nitrogen and oxygen atoms in total. The van der Waals surface area contributed by atoms with Gasteiger partial charge in [0.2, 0.25) is 0 Å². The SMILES string of the molecule is COc1ccc2c(c1)CC2(C#N)CC/C=C/CO. The molecule has 1 aromatic rings. The zero-order valence-electron chi connectivity index (χ0n) is 10.5. The molecule has 0 amide bonds. The summed E-state index contributed by atoms with van der Waals surface area (Å²) in [7, 11) is 1.65. The standard InChI is InChI=1S/C15H17NO2/c1-18-13-5-6-14-12(9-13)10-15(14,11-16)7-3-2-4-8-17/h2,4-6,9,17H,3,7-8,10H2,1H3/b4-2+. The largest absolute Gasteiger partial charge is 0.497 e. The highest BCUT2D eigenvalue weighted by atomic mass is 16.5. The number of rotatable bonds is 5. The third-order valence-corrected chi connectivity index (χ3v) is 3.54. The number of ether oxygens (including phenoxy) is 1. The van der Waals surface area contributed by atoms with Crippen LogP contribution in [0.25, 0.3) is 0 Å². The van der Waals surface area contributed by atoms with E-state index in [0.29, 0.717) is 0 Å². The van der Waals surface area contributed by atoms with Gasteiger partial charge in [0.1, 0.15) is 5.75 Å². The molecule has 0 bridgehead atoms. The number of fused-ring (bicyclic) bond motifs is 1.